The van der Waals surface area contributed by atoms with E-state index in [4.69, 9.17) is 15.4 Å². The Kier molecular flexibility index (Phi) is 3.39. The summed E-state index contributed by atoms with van der Waals surface area (Å²) in [6, 6.07) is 2.05. The monoisotopic (exact) mass is 265 g/mol. The Morgan fingerprint density at radius 3 is 2.38 bits per heavy atom. The molecular weight excluding hydrogens is 258 g/mol. The van der Waals surface area contributed by atoms with E-state index < -0.39 is 14.0 Å². The molecule has 88 valence electrons. The number of nitro benzene ring substituents is 1. The number of nitrogens with zero attached hydrogens (tertiary/aromatic N) is 1. The van der Waals surface area contributed by atoms with Crippen LogP contribution < -0.4 is 4.74 Å². The smallest absolute Gasteiger partial charge is 0.277 e. The number of rotatable bonds is 3. The van der Waals surface area contributed by atoms with Gasteiger partial charge in [-0.3, -0.25) is 10.1 Å². The molecule has 0 aromatic heterocycles. The molecule has 0 fully saturated rings. The van der Waals surface area contributed by atoms with Crippen molar-refractivity contribution >= 4 is 25.4 Å². The first kappa shape index (κ1) is 12.7. The van der Waals surface area contributed by atoms with Crippen LogP contribution in [0.3, 0.4) is 0 Å². The van der Waals surface area contributed by atoms with Crippen molar-refractivity contribution in [2.45, 2.75) is 11.8 Å². The minimum atomic E-state index is -4.02. The SMILES string of the molecule is COc1cc(S(=O)(=O)Cl)cc([N+](=O)[O-])c1C. The molecule has 1 rings (SSSR count). The second-order valence-corrected chi connectivity index (χ2v) is 5.53. The van der Waals surface area contributed by atoms with Crippen molar-refractivity contribution in [2.75, 3.05) is 7.11 Å². The normalized spacial score (nSPS) is 11.2. The predicted molar refractivity (Wildman–Crippen MR) is 57.4 cm³/mol. The van der Waals surface area contributed by atoms with Gasteiger partial charge in [-0.15, -0.1) is 0 Å². The zero-order valence-corrected chi connectivity index (χ0v) is 10.0. The summed E-state index contributed by atoms with van der Waals surface area (Å²) >= 11 is 0. The van der Waals surface area contributed by atoms with Crippen molar-refractivity contribution in [1.29, 1.82) is 0 Å². The van der Waals surface area contributed by atoms with E-state index in [0.717, 1.165) is 12.1 Å². The van der Waals surface area contributed by atoms with E-state index in [1.165, 1.54) is 14.0 Å². The topological polar surface area (TPSA) is 86.5 Å². The Bertz CT molecular complexity index is 540. The average molecular weight is 266 g/mol. The summed E-state index contributed by atoms with van der Waals surface area (Å²) in [5.74, 6) is 0.105. The maximum absolute atomic E-state index is 11.1. The van der Waals surface area contributed by atoms with Crippen LogP contribution in [0.5, 0.6) is 5.75 Å². The van der Waals surface area contributed by atoms with Crippen LogP contribution in [0.2, 0.25) is 0 Å². The molecule has 0 heterocycles. The molecule has 8 heteroatoms. The van der Waals surface area contributed by atoms with E-state index in [-0.39, 0.29) is 21.9 Å². The highest BCUT2D eigenvalue weighted by Crippen LogP contribution is 2.32. The summed E-state index contributed by atoms with van der Waals surface area (Å²) in [6.45, 7) is 1.46. The molecule has 0 spiro atoms. The van der Waals surface area contributed by atoms with E-state index in [2.05, 4.69) is 0 Å². The van der Waals surface area contributed by atoms with E-state index >= 15 is 0 Å². The van der Waals surface area contributed by atoms with Gasteiger partial charge in [-0.1, -0.05) is 0 Å². The Morgan fingerprint density at radius 1 is 1.44 bits per heavy atom. The molecular formula is C8H8ClNO5S. The number of methoxy groups -OCH3 is 1. The molecule has 0 amide bonds. The highest BCUT2D eigenvalue weighted by atomic mass is 35.7. The molecule has 0 unspecified atom stereocenters. The summed E-state index contributed by atoms with van der Waals surface area (Å²) in [7, 11) is 2.38. The molecule has 1 aromatic rings. The first-order valence-electron chi connectivity index (χ1n) is 4.05. The fourth-order valence-electron chi connectivity index (χ4n) is 1.19. The van der Waals surface area contributed by atoms with Gasteiger partial charge in [-0.25, -0.2) is 8.42 Å². The van der Waals surface area contributed by atoms with Crippen molar-refractivity contribution in [2.24, 2.45) is 0 Å². The summed E-state index contributed by atoms with van der Waals surface area (Å²) in [5.41, 5.74) is -0.102. The third kappa shape index (κ3) is 2.42. The second kappa shape index (κ2) is 4.26. The highest BCUT2D eigenvalue weighted by Gasteiger charge is 2.21. The van der Waals surface area contributed by atoms with Crippen LogP contribution in [0.15, 0.2) is 17.0 Å². The van der Waals surface area contributed by atoms with Gasteiger partial charge in [-0.05, 0) is 6.92 Å². The van der Waals surface area contributed by atoms with Crippen LogP contribution in [-0.4, -0.2) is 20.5 Å². The zero-order chi connectivity index (χ0) is 12.5. The van der Waals surface area contributed by atoms with Crippen LogP contribution in [0.4, 0.5) is 5.69 Å². The third-order valence-corrected chi connectivity index (χ3v) is 3.34. The minimum absolute atomic E-state index is 0.105. The molecule has 0 bridgehead atoms. The third-order valence-electron chi connectivity index (χ3n) is 2.00. The molecule has 0 saturated heterocycles. The van der Waals surface area contributed by atoms with Gasteiger partial charge in [0.1, 0.15) is 5.75 Å². The van der Waals surface area contributed by atoms with Crippen molar-refractivity contribution in [3.8, 4) is 5.75 Å². The van der Waals surface area contributed by atoms with E-state index in [9.17, 15) is 18.5 Å². The van der Waals surface area contributed by atoms with Gasteiger partial charge in [-0.2, -0.15) is 0 Å². The fourth-order valence-corrected chi connectivity index (χ4v) is 1.96. The quantitative estimate of drug-likeness (QED) is 0.473. The number of nitro groups is 1. The molecule has 0 N–H and O–H groups in total. The van der Waals surface area contributed by atoms with Crippen molar-refractivity contribution in [3.63, 3.8) is 0 Å². The number of hydrogen-bond acceptors (Lipinski definition) is 5. The van der Waals surface area contributed by atoms with Crippen molar-refractivity contribution < 1.29 is 18.1 Å². The van der Waals surface area contributed by atoms with Gasteiger partial charge in [0.25, 0.3) is 14.7 Å². The number of hydrogen-bond donors (Lipinski definition) is 0. The maximum Gasteiger partial charge on any atom is 0.277 e. The Balaban J connectivity index is 3.59. The van der Waals surface area contributed by atoms with Gasteiger partial charge < -0.3 is 4.74 Å². The Labute approximate surface area is 96.4 Å². The lowest BCUT2D eigenvalue weighted by Crippen LogP contribution is -1.99. The first-order chi connectivity index (χ1) is 7.27. The Morgan fingerprint density at radius 2 is 2.00 bits per heavy atom. The fraction of sp³-hybridized carbons (Fsp3) is 0.250. The zero-order valence-electron chi connectivity index (χ0n) is 8.43. The van der Waals surface area contributed by atoms with Gasteiger partial charge >= 0.3 is 0 Å². The van der Waals surface area contributed by atoms with Gasteiger partial charge in [0.05, 0.1) is 22.5 Å². The van der Waals surface area contributed by atoms with Gasteiger partial charge in [0, 0.05) is 22.8 Å². The van der Waals surface area contributed by atoms with Crippen molar-refractivity contribution in [1.82, 2.24) is 0 Å². The standard InChI is InChI=1S/C8H8ClNO5S/c1-5-7(10(11)12)3-6(16(9,13)14)4-8(5)15-2/h3-4H,1-2H3. The summed E-state index contributed by atoms with van der Waals surface area (Å²) in [4.78, 5) is 9.63. The molecule has 0 saturated carbocycles. The predicted octanol–water partition coefficient (Wildman–Crippen LogP) is 1.84. The van der Waals surface area contributed by atoms with Gasteiger partial charge in [0.15, 0.2) is 0 Å². The van der Waals surface area contributed by atoms with Crippen molar-refractivity contribution in [3.05, 3.63) is 27.8 Å². The molecule has 16 heavy (non-hydrogen) atoms. The largest absolute Gasteiger partial charge is 0.496 e. The average Bonchev–Trinajstić information content (AvgIpc) is 2.15. The van der Waals surface area contributed by atoms with E-state index in [1.807, 2.05) is 0 Å². The maximum atomic E-state index is 11.1. The number of halogens is 1. The van der Waals surface area contributed by atoms with Crippen LogP contribution >= 0.6 is 10.7 Å². The summed E-state index contributed by atoms with van der Waals surface area (Å²) in [5, 5.41) is 10.7. The molecule has 1 aromatic carbocycles. The van der Waals surface area contributed by atoms with Crippen LogP contribution in [0, 0.1) is 17.0 Å². The number of benzene rings is 1. The van der Waals surface area contributed by atoms with Crippen LogP contribution in [-0.2, 0) is 9.05 Å². The molecule has 0 atom stereocenters. The lowest BCUT2D eigenvalue weighted by Gasteiger charge is -2.06. The molecule has 0 aliphatic carbocycles. The molecule has 0 radical (unpaired) electrons. The first-order valence-corrected chi connectivity index (χ1v) is 6.36. The second-order valence-electron chi connectivity index (χ2n) is 2.96. The molecule has 0 aliphatic heterocycles. The summed E-state index contributed by atoms with van der Waals surface area (Å²) < 4.78 is 27.0. The number of ether oxygens (including phenoxy) is 1. The Hall–Kier alpha value is -1.34. The molecule has 0 aliphatic rings. The van der Waals surface area contributed by atoms with E-state index in [1.54, 1.807) is 0 Å². The lowest BCUT2D eigenvalue weighted by molar-refractivity contribution is -0.385. The van der Waals surface area contributed by atoms with Gasteiger partial charge in [0.2, 0.25) is 0 Å². The minimum Gasteiger partial charge on any atom is -0.496 e. The van der Waals surface area contributed by atoms with Crippen LogP contribution in [0.25, 0.3) is 0 Å². The van der Waals surface area contributed by atoms with E-state index in [0.29, 0.717) is 0 Å². The highest BCUT2D eigenvalue weighted by molar-refractivity contribution is 8.13. The molecule has 6 nitrogen and oxygen atoms in total. The van der Waals surface area contributed by atoms with Crippen LogP contribution in [0.1, 0.15) is 5.56 Å². The summed E-state index contributed by atoms with van der Waals surface area (Å²) in [6.07, 6.45) is 0. The lowest BCUT2D eigenvalue weighted by atomic mass is 10.2.